The third-order valence-electron chi connectivity index (χ3n) is 3.06. The van der Waals surface area contributed by atoms with E-state index in [1.807, 2.05) is 0 Å². The summed E-state index contributed by atoms with van der Waals surface area (Å²) in [5, 5.41) is 5.28. The van der Waals surface area contributed by atoms with Crippen LogP contribution >= 0.6 is 23.2 Å². The minimum Gasteiger partial charge on any atom is -0.497 e. The number of ether oxygens (including phenoxy) is 2. The largest absolute Gasteiger partial charge is 0.497 e. The molecule has 6 nitrogen and oxygen atoms in total. The smallest absolute Gasteiger partial charge is 0.314 e. The van der Waals surface area contributed by atoms with Crippen molar-refractivity contribution in [3.8, 4) is 11.5 Å². The molecule has 2 aromatic rings. The molecule has 8 heteroatoms. The van der Waals surface area contributed by atoms with Gasteiger partial charge < -0.3 is 20.1 Å². The predicted octanol–water partition coefficient (Wildman–Crippen LogP) is 3.59. The molecule has 0 atom stereocenters. The number of benzene rings is 2. The maximum Gasteiger partial charge on any atom is 0.314 e. The molecular weight excluding hydrogens is 355 g/mol. The highest BCUT2D eigenvalue weighted by Gasteiger charge is 2.18. The summed E-state index contributed by atoms with van der Waals surface area (Å²) in [7, 11) is 2.94. The molecule has 0 fully saturated rings. The highest BCUT2D eigenvalue weighted by molar-refractivity contribution is 6.47. The van der Waals surface area contributed by atoms with Crippen LogP contribution in [0.15, 0.2) is 36.4 Å². The lowest BCUT2D eigenvalue weighted by Gasteiger charge is -2.12. The Hall–Kier alpha value is -2.44. The Kier molecular flexibility index (Phi) is 5.89. The van der Waals surface area contributed by atoms with Crippen LogP contribution in [0, 0.1) is 0 Å². The molecule has 0 aliphatic heterocycles. The number of hydrogen-bond donors (Lipinski definition) is 2. The second-order valence-corrected chi connectivity index (χ2v) is 5.36. The van der Waals surface area contributed by atoms with Crippen molar-refractivity contribution in [2.45, 2.75) is 0 Å². The van der Waals surface area contributed by atoms with Gasteiger partial charge in [-0.25, -0.2) is 0 Å². The summed E-state index contributed by atoms with van der Waals surface area (Å²) in [5.41, 5.74) is 0.538. The maximum atomic E-state index is 12.1. The fraction of sp³-hybridized carbons (Fsp3) is 0.125. The van der Waals surface area contributed by atoms with Crippen LogP contribution in [0.25, 0.3) is 0 Å². The van der Waals surface area contributed by atoms with E-state index in [4.69, 9.17) is 32.7 Å². The molecular formula is C16H14Cl2N2O4. The molecule has 0 unspecified atom stereocenters. The first-order valence-corrected chi connectivity index (χ1v) is 7.50. The second-order valence-electron chi connectivity index (χ2n) is 4.58. The molecule has 2 N–H and O–H groups in total. The number of rotatable bonds is 4. The van der Waals surface area contributed by atoms with Crippen molar-refractivity contribution in [3.63, 3.8) is 0 Å². The number of anilines is 2. The molecule has 2 rings (SSSR count). The normalized spacial score (nSPS) is 10.0. The van der Waals surface area contributed by atoms with Crippen LogP contribution in [0.4, 0.5) is 11.4 Å². The van der Waals surface area contributed by atoms with Gasteiger partial charge in [-0.3, -0.25) is 9.59 Å². The first-order valence-electron chi connectivity index (χ1n) is 6.74. The molecule has 24 heavy (non-hydrogen) atoms. The molecule has 0 aliphatic rings. The topological polar surface area (TPSA) is 76.7 Å². The van der Waals surface area contributed by atoms with E-state index in [9.17, 15) is 9.59 Å². The maximum absolute atomic E-state index is 12.1. The fourth-order valence-corrected chi connectivity index (χ4v) is 2.22. The lowest BCUT2D eigenvalue weighted by Crippen LogP contribution is -2.29. The number of hydrogen-bond acceptors (Lipinski definition) is 4. The summed E-state index contributed by atoms with van der Waals surface area (Å²) in [4.78, 5) is 24.1. The summed E-state index contributed by atoms with van der Waals surface area (Å²) in [5.74, 6) is -0.899. The van der Waals surface area contributed by atoms with E-state index in [-0.39, 0.29) is 15.7 Å². The van der Waals surface area contributed by atoms with Crippen LogP contribution in [0.5, 0.6) is 11.5 Å². The quantitative estimate of drug-likeness (QED) is 0.808. The SMILES string of the molecule is COc1ccc(OC)c(NC(=O)C(=O)Nc2cccc(Cl)c2Cl)c1. The van der Waals surface area contributed by atoms with E-state index in [1.165, 1.54) is 26.4 Å². The number of amides is 2. The molecule has 2 aromatic carbocycles. The lowest BCUT2D eigenvalue weighted by molar-refractivity contribution is -0.133. The van der Waals surface area contributed by atoms with Crippen LogP contribution in [0.2, 0.25) is 10.0 Å². The number of nitrogens with one attached hydrogen (secondary N) is 2. The number of carbonyl (C=O) groups is 2. The molecule has 126 valence electrons. The Bertz CT molecular complexity index is 781. The summed E-state index contributed by atoms with van der Waals surface area (Å²) >= 11 is 11.8. The molecule has 0 aliphatic carbocycles. The second kappa shape index (κ2) is 7.90. The summed E-state index contributed by atoms with van der Waals surface area (Å²) < 4.78 is 10.2. The summed E-state index contributed by atoms with van der Waals surface area (Å²) in [6.45, 7) is 0. The molecule has 0 saturated heterocycles. The van der Waals surface area contributed by atoms with Crippen LogP contribution < -0.4 is 20.1 Å². The van der Waals surface area contributed by atoms with Gasteiger partial charge in [0, 0.05) is 6.07 Å². The molecule has 0 heterocycles. The van der Waals surface area contributed by atoms with E-state index < -0.39 is 11.8 Å². The van der Waals surface area contributed by atoms with E-state index in [0.717, 1.165) is 0 Å². The van der Waals surface area contributed by atoms with E-state index in [2.05, 4.69) is 10.6 Å². The third kappa shape index (κ3) is 4.10. The summed E-state index contributed by atoms with van der Waals surface area (Å²) in [6.07, 6.45) is 0. The van der Waals surface area contributed by atoms with Gasteiger partial charge in [0.15, 0.2) is 0 Å². The lowest BCUT2D eigenvalue weighted by atomic mass is 10.2. The van der Waals surface area contributed by atoms with Gasteiger partial charge in [0.05, 0.1) is 35.6 Å². The average Bonchev–Trinajstić information content (AvgIpc) is 2.58. The van der Waals surface area contributed by atoms with Crippen LogP contribution in [0.3, 0.4) is 0 Å². The average molecular weight is 369 g/mol. The Morgan fingerprint density at radius 1 is 0.917 bits per heavy atom. The van der Waals surface area contributed by atoms with Crippen LogP contribution in [-0.2, 0) is 9.59 Å². The van der Waals surface area contributed by atoms with Crippen molar-refractivity contribution in [2.24, 2.45) is 0 Å². The van der Waals surface area contributed by atoms with E-state index >= 15 is 0 Å². The Morgan fingerprint density at radius 3 is 2.21 bits per heavy atom. The standard InChI is InChI=1S/C16H14Cl2N2O4/c1-23-9-6-7-13(24-2)12(8-9)20-16(22)15(21)19-11-5-3-4-10(17)14(11)18/h3-8H,1-2H3,(H,19,21)(H,20,22). The van der Waals surface area contributed by atoms with Gasteiger partial charge >= 0.3 is 11.8 Å². The number of halogens is 2. The van der Waals surface area contributed by atoms with Crippen molar-refractivity contribution < 1.29 is 19.1 Å². The highest BCUT2D eigenvalue weighted by atomic mass is 35.5. The Morgan fingerprint density at radius 2 is 1.58 bits per heavy atom. The van der Waals surface area contributed by atoms with E-state index in [0.29, 0.717) is 17.2 Å². The molecule has 0 spiro atoms. The van der Waals surface area contributed by atoms with Gasteiger partial charge in [0.25, 0.3) is 0 Å². The van der Waals surface area contributed by atoms with E-state index in [1.54, 1.807) is 24.3 Å². The Balaban J connectivity index is 2.15. The van der Waals surface area contributed by atoms with Crippen molar-refractivity contribution in [2.75, 3.05) is 24.9 Å². The minimum absolute atomic E-state index is 0.152. The number of methoxy groups -OCH3 is 2. The molecule has 0 bridgehead atoms. The van der Waals surface area contributed by atoms with Crippen LogP contribution in [0.1, 0.15) is 0 Å². The van der Waals surface area contributed by atoms with Crippen molar-refractivity contribution in [3.05, 3.63) is 46.4 Å². The third-order valence-corrected chi connectivity index (χ3v) is 3.88. The van der Waals surface area contributed by atoms with Crippen molar-refractivity contribution in [1.82, 2.24) is 0 Å². The highest BCUT2D eigenvalue weighted by Crippen LogP contribution is 2.30. The van der Waals surface area contributed by atoms with Crippen LogP contribution in [-0.4, -0.2) is 26.0 Å². The van der Waals surface area contributed by atoms with Gasteiger partial charge in [-0.05, 0) is 24.3 Å². The van der Waals surface area contributed by atoms with Crippen molar-refractivity contribution in [1.29, 1.82) is 0 Å². The minimum atomic E-state index is -0.899. The first-order chi connectivity index (χ1) is 11.5. The molecule has 0 saturated carbocycles. The van der Waals surface area contributed by atoms with Gasteiger partial charge in [0.2, 0.25) is 0 Å². The first kappa shape index (κ1) is 17.9. The molecule has 2 amide bonds. The zero-order valence-electron chi connectivity index (χ0n) is 12.9. The monoisotopic (exact) mass is 368 g/mol. The Labute approximate surface area is 148 Å². The zero-order valence-corrected chi connectivity index (χ0v) is 14.4. The van der Waals surface area contributed by atoms with Crippen molar-refractivity contribution >= 4 is 46.4 Å². The van der Waals surface area contributed by atoms with Gasteiger partial charge in [-0.1, -0.05) is 29.3 Å². The molecule has 0 aromatic heterocycles. The fourth-order valence-electron chi connectivity index (χ4n) is 1.87. The van der Waals surface area contributed by atoms with Gasteiger partial charge in [-0.15, -0.1) is 0 Å². The summed E-state index contributed by atoms with van der Waals surface area (Å²) in [6, 6.07) is 9.52. The zero-order chi connectivity index (χ0) is 17.7. The molecule has 0 radical (unpaired) electrons. The number of carbonyl (C=O) groups excluding carboxylic acids is 2. The van der Waals surface area contributed by atoms with Gasteiger partial charge in [0.1, 0.15) is 11.5 Å². The van der Waals surface area contributed by atoms with Gasteiger partial charge in [-0.2, -0.15) is 0 Å². The predicted molar refractivity (Wildman–Crippen MR) is 93.3 cm³/mol.